The molecular weight excluding hydrogens is 344 g/mol. The highest BCUT2D eigenvalue weighted by Gasteiger charge is 2.46. The molecule has 27 heavy (non-hydrogen) atoms. The summed E-state index contributed by atoms with van der Waals surface area (Å²) >= 11 is 0. The number of nitrogens with zero attached hydrogens (tertiary/aromatic N) is 3. The monoisotopic (exact) mass is 370 g/mol. The molecule has 1 amide bonds. The molecule has 1 N–H and O–H groups in total. The zero-order valence-electron chi connectivity index (χ0n) is 15.9. The van der Waals surface area contributed by atoms with Crippen LogP contribution in [0.2, 0.25) is 0 Å². The van der Waals surface area contributed by atoms with Gasteiger partial charge in [-0.3, -0.25) is 4.79 Å². The highest BCUT2D eigenvalue weighted by atomic mass is 16.6. The van der Waals surface area contributed by atoms with Crippen LogP contribution in [0.15, 0.2) is 28.9 Å². The van der Waals surface area contributed by atoms with Crippen molar-refractivity contribution in [3.8, 4) is 5.75 Å². The quantitative estimate of drug-likeness (QED) is 0.891. The molecule has 7 nitrogen and oxygen atoms in total. The predicted octanol–water partition coefficient (Wildman–Crippen LogP) is 2.70. The average molecular weight is 370 g/mol. The van der Waals surface area contributed by atoms with E-state index in [4.69, 9.17) is 9.37 Å². The number of benzene rings is 1. The SMILES string of the molecule is Cc1nonc1COc1ccccc1C(=O)N1CCC[C@H]2NCCC[C@@]21C. The minimum Gasteiger partial charge on any atom is -0.486 e. The fraction of sp³-hybridized carbons (Fsp3) is 0.550. The van der Waals surface area contributed by atoms with Crippen molar-refractivity contribution in [3.05, 3.63) is 41.2 Å². The minimum atomic E-state index is -0.146. The minimum absolute atomic E-state index is 0.0384. The van der Waals surface area contributed by atoms with Crippen molar-refractivity contribution in [1.82, 2.24) is 20.5 Å². The normalized spacial score (nSPS) is 25.1. The van der Waals surface area contributed by atoms with Crippen LogP contribution in [-0.2, 0) is 6.61 Å². The summed E-state index contributed by atoms with van der Waals surface area (Å²) in [5, 5.41) is 11.2. The summed E-state index contributed by atoms with van der Waals surface area (Å²) < 4.78 is 10.6. The number of hydrogen-bond donors (Lipinski definition) is 1. The summed E-state index contributed by atoms with van der Waals surface area (Å²) in [6.45, 7) is 6.08. The molecule has 0 aliphatic carbocycles. The summed E-state index contributed by atoms with van der Waals surface area (Å²) in [7, 11) is 0. The molecular formula is C20H26N4O3. The van der Waals surface area contributed by atoms with Crippen molar-refractivity contribution < 1.29 is 14.2 Å². The largest absolute Gasteiger partial charge is 0.486 e. The Labute approximate surface area is 159 Å². The smallest absolute Gasteiger partial charge is 0.258 e. The summed E-state index contributed by atoms with van der Waals surface area (Å²) in [5.74, 6) is 0.607. The zero-order chi connectivity index (χ0) is 18.9. The van der Waals surface area contributed by atoms with E-state index in [1.54, 1.807) is 0 Å². The Morgan fingerprint density at radius 3 is 3.04 bits per heavy atom. The van der Waals surface area contributed by atoms with Crippen LogP contribution in [0.4, 0.5) is 0 Å². The Kier molecular flexibility index (Phi) is 4.86. The summed E-state index contributed by atoms with van der Waals surface area (Å²) in [6, 6.07) is 7.80. The first-order valence-electron chi connectivity index (χ1n) is 9.65. The van der Waals surface area contributed by atoms with E-state index >= 15 is 0 Å². The molecule has 144 valence electrons. The maximum Gasteiger partial charge on any atom is 0.258 e. The van der Waals surface area contributed by atoms with Crippen molar-refractivity contribution in [2.75, 3.05) is 13.1 Å². The van der Waals surface area contributed by atoms with Gasteiger partial charge in [-0.1, -0.05) is 22.4 Å². The Hall–Kier alpha value is -2.41. The van der Waals surface area contributed by atoms with Crippen molar-refractivity contribution in [3.63, 3.8) is 0 Å². The van der Waals surface area contributed by atoms with Crippen LogP contribution in [0, 0.1) is 6.92 Å². The van der Waals surface area contributed by atoms with Crippen LogP contribution in [0.5, 0.6) is 5.75 Å². The molecule has 7 heteroatoms. The van der Waals surface area contributed by atoms with Crippen LogP contribution in [0.1, 0.15) is 54.4 Å². The van der Waals surface area contributed by atoms with E-state index in [9.17, 15) is 4.79 Å². The second kappa shape index (κ2) is 7.31. The van der Waals surface area contributed by atoms with E-state index in [1.807, 2.05) is 31.2 Å². The van der Waals surface area contributed by atoms with Crippen molar-refractivity contribution in [2.45, 2.75) is 57.7 Å². The number of para-hydroxylation sites is 1. The lowest BCUT2D eigenvalue weighted by molar-refractivity contribution is 0.00850. The van der Waals surface area contributed by atoms with Gasteiger partial charge in [0.1, 0.15) is 23.7 Å². The maximum atomic E-state index is 13.5. The summed E-state index contributed by atoms with van der Waals surface area (Å²) in [4.78, 5) is 15.5. The third-order valence-corrected chi connectivity index (χ3v) is 5.97. The van der Waals surface area contributed by atoms with Gasteiger partial charge in [-0.25, -0.2) is 4.63 Å². The van der Waals surface area contributed by atoms with E-state index in [0.717, 1.165) is 38.8 Å². The molecule has 2 aliphatic rings. The Morgan fingerprint density at radius 1 is 1.37 bits per heavy atom. The summed E-state index contributed by atoms with van der Waals surface area (Å²) in [6.07, 6.45) is 4.26. The standard InChI is InChI=1S/C20H26N4O3/c1-14-16(23-27-22-14)13-26-17-8-4-3-7-15(17)19(25)24-12-5-9-18-20(24,2)10-6-11-21-18/h3-4,7-8,18,21H,5-6,9-13H2,1-2H3/t18-,20+/m1/s1. The van der Waals surface area contributed by atoms with E-state index in [2.05, 4.69) is 27.5 Å². The number of carbonyl (C=O) groups is 1. The molecule has 2 fully saturated rings. The number of likely N-dealkylation sites (tertiary alicyclic amines) is 1. The zero-order valence-corrected chi connectivity index (χ0v) is 15.9. The fourth-order valence-corrected chi connectivity index (χ4v) is 4.34. The van der Waals surface area contributed by atoms with Crippen LogP contribution in [-0.4, -0.2) is 45.8 Å². The first kappa shape index (κ1) is 18.0. The molecule has 2 saturated heterocycles. The van der Waals surface area contributed by atoms with E-state index < -0.39 is 0 Å². The number of nitrogens with one attached hydrogen (secondary N) is 1. The second-order valence-electron chi connectivity index (χ2n) is 7.65. The number of piperidine rings is 2. The third-order valence-electron chi connectivity index (χ3n) is 5.97. The molecule has 0 spiro atoms. The number of rotatable bonds is 4. The molecule has 2 atom stereocenters. The number of ether oxygens (including phenoxy) is 1. The Morgan fingerprint density at radius 2 is 2.22 bits per heavy atom. The molecule has 2 aromatic rings. The fourth-order valence-electron chi connectivity index (χ4n) is 4.34. The van der Waals surface area contributed by atoms with Gasteiger partial charge in [0.2, 0.25) is 0 Å². The molecule has 3 heterocycles. The highest BCUT2D eigenvalue weighted by Crippen LogP contribution is 2.37. The van der Waals surface area contributed by atoms with Crippen molar-refractivity contribution >= 4 is 5.91 Å². The van der Waals surface area contributed by atoms with Crippen LogP contribution >= 0.6 is 0 Å². The first-order chi connectivity index (χ1) is 13.1. The molecule has 0 bridgehead atoms. The van der Waals surface area contributed by atoms with Gasteiger partial charge >= 0.3 is 0 Å². The number of amides is 1. The van der Waals surface area contributed by atoms with Gasteiger partial charge in [-0.05, 0) is 58.2 Å². The van der Waals surface area contributed by atoms with Gasteiger partial charge in [0.25, 0.3) is 5.91 Å². The number of aromatic nitrogens is 2. The van der Waals surface area contributed by atoms with Crippen LogP contribution in [0.3, 0.4) is 0 Å². The lowest BCUT2D eigenvalue weighted by atomic mass is 9.77. The molecule has 1 aromatic carbocycles. The summed E-state index contributed by atoms with van der Waals surface area (Å²) in [5.41, 5.74) is 1.78. The highest BCUT2D eigenvalue weighted by molar-refractivity contribution is 5.97. The predicted molar refractivity (Wildman–Crippen MR) is 99.5 cm³/mol. The first-order valence-corrected chi connectivity index (χ1v) is 9.65. The van der Waals surface area contributed by atoms with E-state index in [0.29, 0.717) is 28.7 Å². The Balaban J connectivity index is 1.57. The van der Waals surface area contributed by atoms with E-state index in [1.165, 1.54) is 0 Å². The topological polar surface area (TPSA) is 80.5 Å². The van der Waals surface area contributed by atoms with Crippen molar-refractivity contribution in [1.29, 1.82) is 0 Å². The molecule has 1 aromatic heterocycles. The third kappa shape index (κ3) is 3.32. The second-order valence-corrected chi connectivity index (χ2v) is 7.65. The molecule has 4 rings (SSSR count). The van der Waals surface area contributed by atoms with Crippen LogP contribution in [0.25, 0.3) is 0 Å². The molecule has 0 radical (unpaired) electrons. The maximum absolute atomic E-state index is 13.5. The number of carbonyl (C=O) groups excluding carboxylic acids is 1. The van der Waals surface area contributed by atoms with Crippen LogP contribution < -0.4 is 10.1 Å². The Bertz CT molecular complexity index is 819. The van der Waals surface area contributed by atoms with Gasteiger partial charge < -0.3 is 15.0 Å². The van der Waals surface area contributed by atoms with Crippen molar-refractivity contribution in [2.24, 2.45) is 0 Å². The lowest BCUT2D eigenvalue weighted by Gasteiger charge is -2.53. The lowest BCUT2D eigenvalue weighted by Crippen LogP contribution is -2.66. The van der Waals surface area contributed by atoms with Gasteiger partial charge in [0.15, 0.2) is 0 Å². The molecule has 0 saturated carbocycles. The number of fused-ring (bicyclic) bond motifs is 1. The van der Waals surface area contributed by atoms with Gasteiger partial charge in [0.05, 0.1) is 11.1 Å². The number of aryl methyl sites for hydroxylation is 1. The number of hydrogen-bond acceptors (Lipinski definition) is 6. The van der Waals surface area contributed by atoms with Gasteiger partial charge in [0, 0.05) is 12.6 Å². The molecule has 2 aliphatic heterocycles. The average Bonchev–Trinajstić information content (AvgIpc) is 3.10. The van der Waals surface area contributed by atoms with E-state index in [-0.39, 0.29) is 18.1 Å². The van der Waals surface area contributed by atoms with Gasteiger partial charge in [-0.2, -0.15) is 0 Å². The molecule has 0 unspecified atom stereocenters. The van der Waals surface area contributed by atoms with Gasteiger partial charge in [-0.15, -0.1) is 0 Å².